The van der Waals surface area contributed by atoms with Crippen LogP contribution in [-0.2, 0) is 17.5 Å². The van der Waals surface area contributed by atoms with Crippen LogP contribution in [0.4, 0.5) is 28.9 Å². The molecule has 0 spiro atoms. The van der Waals surface area contributed by atoms with E-state index in [1.165, 1.54) is 6.07 Å². The summed E-state index contributed by atoms with van der Waals surface area (Å²) in [7, 11) is 2.08. The number of amides is 1. The zero-order valence-electron chi connectivity index (χ0n) is 23.7. The number of ether oxygens (including phenoxy) is 1. The Morgan fingerprint density at radius 2 is 1.74 bits per heavy atom. The molecular formula is C31H33F4N5O3. The molecule has 12 heteroatoms. The number of morpholine rings is 1. The molecule has 4 heterocycles. The number of pyridine rings is 1. The van der Waals surface area contributed by atoms with Crippen LogP contribution in [0.1, 0.15) is 21.5 Å². The van der Waals surface area contributed by atoms with Gasteiger partial charge >= 0.3 is 6.18 Å². The van der Waals surface area contributed by atoms with Gasteiger partial charge in [0, 0.05) is 63.6 Å². The fraction of sp³-hybridized carbons (Fsp3) is 0.419. The Hall–Kier alpha value is -3.74. The number of hydrogen-bond donors (Lipinski definition) is 2. The van der Waals surface area contributed by atoms with Crippen LogP contribution >= 0.6 is 0 Å². The number of anilines is 2. The Balaban J connectivity index is 1.35. The van der Waals surface area contributed by atoms with Gasteiger partial charge in [-0.15, -0.1) is 0 Å². The lowest BCUT2D eigenvalue weighted by atomic mass is 10.00. The summed E-state index contributed by atoms with van der Waals surface area (Å²) >= 11 is 0. The van der Waals surface area contributed by atoms with Crippen LogP contribution in [0, 0.1) is 17.7 Å². The second-order valence-electron chi connectivity index (χ2n) is 11.7. The molecule has 3 aromatic rings. The standard InChI is InChI=1S/C31H33F4N5O3/c1-38-15-21-17-40(18-22(21)16-38)28-5-3-20(23-10-19(2-4-26(23)32)14-39-6-8-43-9-7-39)11-27(28)37-30(42)24-13-36-29(41)12-25(24)31(33,34)35/h2-5,10-13,21-22H,6-9,14-18H2,1H3,(H,36,41)(H,37,42). The Morgan fingerprint density at radius 3 is 2.44 bits per heavy atom. The molecule has 0 aliphatic carbocycles. The van der Waals surface area contributed by atoms with Crippen LogP contribution in [0.5, 0.6) is 0 Å². The van der Waals surface area contributed by atoms with E-state index >= 15 is 4.39 Å². The molecule has 3 fully saturated rings. The quantitative estimate of drug-likeness (QED) is 0.412. The number of likely N-dealkylation sites (tertiary alicyclic amines) is 1. The Morgan fingerprint density at radius 1 is 1.02 bits per heavy atom. The summed E-state index contributed by atoms with van der Waals surface area (Å²) in [5, 5.41) is 2.66. The molecule has 2 aromatic carbocycles. The molecule has 3 aliphatic heterocycles. The van der Waals surface area contributed by atoms with Crippen LogP contribution in [0.25, 0.3) is 11.1 Å². The van der Waals surface area contributed by atoms with Gasteiger partial charge in [-0.05, 0) is 54.3 Å². The Bertz CT molecular complexity index is 1560. The number of carbonyl (C=O) groups is 1. The van der Waals surface area contributed by atoms with E-state index < -0.39 is 34.6 Å². The van der Waals surface area contributed by atoms with Crippen molar-refractivity contribution in [3.8, 4) is 11.1 Å². The zero-order chi connectivity index (χ0) is 30.3. The summed E-state index contributed by atoms with van der Waals surface area (Å²) in [6, 6.07) is 10.5. The average Bonchev–Trinajstić information content (AvgIpc) is 3.51. The first-order chi connectivity index (χ1) is 20.5. The first kappa shape index (κ1) is 29.3. The van der Waals surface area contributed by atoms with Gasteiger partial charge in [0.15, 0.2) is 0 Å². The normalized spacial score (nSPS) is 21.3. The number of aromatic nitrogens is 1. The van der Waals surface area contributed by atoms with Gasteiger partial charge in [-0.1, -0.05) is 12.1 Å². The van der Waals surface area contributed by atoms with Crippen LogP contribution < -0.4 is 15.8 Å². The third-order valence-electron chi connectivity index (χ3n) is 8.58. The molecule has 6 rings (SSSR count). The van der Waals surface area contributed by atoms with Gasteiger partial charge in [0.05, 0.1) is 35.7 Å². The zero-order valence-corrected chi connectivity index (χ0v) is 23.7. The van der Waals surface area contributed by atoms with Crippen molar-refractivity contribution in [2.45, 2.75) is 12.7 Å². The van der Waals surface area contributed by atoms with Crippen LogP contribution in [-0.4, -0.2) is 80.2 Å². The maximum absolute atomic E-state index is 15.2. The van der Waals surface area contributed by atoms with E-state index in [1.807, 2.05) is 0 Å². The van der Waals surface area contributed by atoms with E-state index in [4.69, 9.17) is 4.74 Å². The second-order valence-corrected chi connectivity index (χ2v) is 11.7. The average molecular weight is 600 g/mol. The van der Waals surface area contributed by atoms with Crippen LogP contribution in [0.15, 0.2) is 53.5 Å². The molecule has 3 aliphatic rings. The fourth-order valence-electron chi connectivity index (χ4n) is 6.50. The van der Waals surface area contributed by atoms with Gasteiger partial charge in [-0.2, -0.15) is 13.2 Å². The van der Waals surface area contributed by atoms with Gasteiger partial charge < -0.3 is 24.8 Å². The molecule has 2 unspecified atom stereocenters. The predicted molar refractivity (Wildman–Crippen MR) is 155 cm³/mol. The number of nitrogens with zero attached hydrogens (tertiary/aromatic N) is 3. The summed E-state index contributed by atoms with van der Waals surface area (Å²) in [5.74, 6) is -0.616. The monoisotopic (exact) mass is 599 g/mol. The molecule has 0 radical (unpaired) electrons. The maximum Gasteiger partial charge on any atom is 0.417 e. The lowest BCUT2D eigenvalue weighted by Crippen LogP contribution is -2.35. The molecular weight excluding hydrogens is 566 g/mol. The summed E-state index contributed by atoms with van der Waals surface area (Å²) in [4.78, 5) is 33.8. The van der Waals surface area contributed by atoms with Gasteiger partial charge in [0.2, 0.25) is 5.56 Å². The smallest absolute Gasteiger partial charge is 0.379 e. The highest BCUT2D eigenvalue weighted by molar-refractivity contribution is 6.07. The molecule has 8 nitrogen and oxygen atoms in total. The molecule has 228 valence electrons. The highest BCUT2D eigenvalue weighted by Gasteiger charge is 2.40. The minimum absolute atomic E-state index is 0.271. The molecule has 0 bridgehead atoms. The first-order valence-electron chi connectivity index (χ1n) is 14.3. The second kappa shape index (κ2) is 11.7. The van der Waals surface area contributed by atoms with Crippen LogP contribution in [0.2, 0.25) is 0 Å². The summed E-state index contributed by atoms with van der Waals surface area (Å²) in [6.45, 7) is 6.78. The van der Waals surface area contributed by atoms with E-state index in [9.17, 15) is 22.8 Å². The first-order valence-corrected chi connectivity index (χ1v) is 14.3. The highest BCUT2D eigenvalue weighted by Crippen LogP contribution is 2.40. The number of rotatable bonds is 6. The minimum atomic E-state index is -4.91. The van der Waals surface area contributed by atoms with Crippen molar-refractivity contribution in [3.05, 3.63) is 81.5 Å². The molecule has 43 heavy (non-hydrogen) atoms. The van der Waals surface area contributed by atoms with Crippen molar-refractivity contribution in [1.82, 2.24) is 14.8 Å². The summed E-state index contributed by atoms with van der Waals surface area (Å²) in [6.07, 6.45) is -4.14. The number of carbonyl (C=O) groups excluding carboxylic acids is 1. The van der Waals surface area contributed by atoms with Gasteiger partial charge in [0.25, 0.3) is 5.91 Å². The molecule has 2 N–H and O–H groups in total. The van der Waals surface area contributed by atoms with E-state index in [1.54, 1.807) is 30.3 Å². The van der Waals surface area contributed by atoms with Gasteiger partial charge in [-0.25, -0.2) is 4.39 Å². The Kier molecular flexibility index (Phi) is 8.01. The van der Waals surface area contributed by atoms with Crippen LogP contribution in [0.3, 0.4) is 0 Å². The number of alkyl halides is 3. The van der Waals surface area contributed by atoms with Crippen molar-refractivity contribution in [1.29, 1.82) is 0 Å². The van der Waals surface area contributed by atoms with E-state index in [-0.39, 0.29) is 5.69 Å². The molecule has 2 atom stereocenters. The maximum atomic E-state index is 15.2. The van der Waals surface area contributed by atoms with Crippen molar-refractivity contribution in [3.63, 3.8) is 0 Å². The minimum Gasteiger partial charge on any atom is -0.379 e. The van der Waals surface area contributed by atoms with E-state index in [2.05, 4.69) is 32.0 Å². The fourth-order valence-corrected chi connectivity index (χ4v) is 6.50. The Labute approximate surface area is 246 Å². The number of nitrogens with one attached hydrogen (secondary N) is 2. The molecule has 1 aromatic heterocycles. The molecule has 1 amide bonds. The van der Waals surface area contributed by atoms with Crippen molar-refractivity contribution in [2.75, 3.05) is 69.7 Å². The van der Waals surface area contributed by atoms with Crippen molar-refractivity contribution < 1.29 is 27.1 Å². The lowest BCUT2D eigenvalue weighted by molar-refractivity contribution is -0.138. The summed E-state index contributed by atoms with van der Waals surface area (Å²) < 4.78 is 61.9. The number of hydrogen-bond acceptors (Lipinski definition) is 6. The number of aromatic amines is 1. The van der Waals surface area contributed by atoms with Gasteiger partial charge in [-0.3, -0.25) is 14.5 Å². The van der Waals surface area contributed by atoms with Crippen molar-refractivity contribution >= 4 is 17.3 Å². The third kappa shape index (κ3) is 6.31. The van der Waals surface area contributed by atoms with E-state index in [0.29, 0.717) is 54.5 Å². The number of fused-ring (bicyclic) bond motifs is 1. The number of benzene rings is 2. The SMILES string of the molecule is CN1CC2CN(c3ccc(-c4cc(CN5CCOCC5)ccc4F)cc3NC(=O)c3c[nH]c(=O)cc3C(F)(F)F)CC2C1. The summed E-state index contributed by atoms with van der Waals surface area (Å²) in [5.41, 5.74) is -0.357. The van der Waals surface area contributed by atoms with E-state index in [0.717, 1.165) is 51.0 Å². The highest BCUT2D eigenvalue weighted by atomic mass is 19.4. The molecule has 3 saturated heterocycles. The molecule has 0 saturated carbocycles. The van der Waals surface area contributed by atoms with Gasteiger partial charge in [0.1, 0.15) is 5.82 Å². The third-order valence-corrected chi connectivity index (χ3v) is 8.58. The largest absolute Gasteiger partial charge is 0.417 e. The van der Waals surface area contributed by atoms with Crippen molar-refractivity contribution in [2.24, 2.45) is 11.8 Å². The number of H-pyrrole nitrogens is 1. The lowest BCUT2D eigenvalue weighted by Gasteiger charge is -2.27. The topological polar surface area (TPSA) is 80.9 Å². The number of halogens is 4. The predicted octanol–water partition coefficient (Wildman–Crippen LogP) is 4.28.